The third-order valence-corrected chi connectivity index (χ3v) is 3.17. The van der Waals surface area contributed by atoms with Crippen LogP contribution in [-0.4, -0.2) is 4.98 Å². The van der Waals surface area contributed by atoms with Gasteiger partial charge >= 0.3 is 0 Å². The van der Waals surface area contributed by atoms with Crippen LogP contribution < -0.4 is 10.5 Å². The number of hydrogen-bond donors (Lipinski definition) is 1. The number of benzene rings is 1. The van der Waals surface area contributed by atoms with Gasteiger partial charge in [-0.25, -0.2) is 9.37 Å². The second kappa shape index (κ2) is 5.46. The standard InChI is InChI=1S/C13H12BrFN2O/c1-8-4-5-17-13(10(8)7-16)18-9-2-3-12(15)11(14)6-9/h2-6H,7,16H2,1H3. The maximum Gasteiger partial charge on any atom is 0.223 e. The van der Waals surface area contributed by atoms with Gasteiger partial charge in [0.1, 0.15) is 11.6 Å². The minimum Gasteiger partial charge on any atom is -0.439 e. The predicted octanol–water partition coefficient (Wildman–Crippen LogP) is 3.54. The fourth-order valence-corrected chi connectivity index (χ4v) is 1.91. The first-order chi connectivity index (χ1) is 8.61. The Balaban J connectivity index is 2.34. The average molecular weight is 311 g/mol. The van der Waals surface area contributed by atoms with Crippen LogP contribution >= 0.6 is 15.9 Å². The zero-order valence-electron chi connectivity index (χ0n) is 9.78. The molecule has 0 unspecified atom stereocenters. The summed E-state index contributed by atoms with van der Waals surface area (Å²) in [6, 6.07) is 6.30. The predicted molar refractivity (Wildman–Crippen MR) is 71.0 cm³/mol. The summed E-state index contributed by atoms with van der Waals surface area (Å²) < 4.78 is 19.1. The Hall–Kier alpha value is -1.46. The summed E-state index contributed by atoms with van der Waals surface area (Å²) in [5.74, 6) is 0.630. The molecule has 1 heterocycles. The van der Waals surface area contributed by atoms with E-state index in [1.54, 1.807) is 18.3 Å². The zero-order valence-corrected chi connectivity index (χ0v) is 11.4. The number of aryl methyl sites for hydroxylation is 1. The topological polar surface area (TPSA) is 48.1 Å². The molecule has 0 bridgehead atoms. The molecule has 5 heteroatoms. The summed E-state index contributed by atoms with van der Waals surface area (Å²) in [4.78, 5) is 4.15. The van der Waals surface area contributed by atoms with Gasteiger partial charge in [-0.05, 0) is 52.7 Å². The van der Waals surface area contributed by atoms with Crippen molar-refractivity contribution in [1.29, 1.82) is 0 Å². The Morgan fingerprint density at radius 3 is 2.83 bits per heavy atom. The van der Waals surface area contributed by atoms with Crippen molar-refractivity contribution < 1.29 is 9.13 Å². The molecule has 0 radical (unpaired) electrons. The molecule has 0 aliphatic carbocycles. The lowest BCUT2D eigenvalue weighted by atomic mass is 10.1. The van der Waals surface area contributed by atoms with E-state index in [0.717, 1.165) is 11.1 Å². The van der Waals surface area contributed by atoms with E-state index in [2.05, 4.69) is 20.9 Å². The number of pyridine rings is 1. The summed E-state index contributed by atoms with van der Waals surface area (Å²) in [6.07, 6.45) is 1.66. The summed E-state index contributed by atoms with van der Waals surface area (Å²) >= 11 is 3.11. The molecule has 2 rings (SSSR count). The molecule has 1 aromatic carbocycles. The molecule has 94 valence electrons. The van der Waals surface area contributed by atoms with Crippen LogP contribution in [-0.2, 0) is 6.54 Å². The van der Waals surface area contributed by atoms with E-state index < -0.39 is 0 Å². The lowest BCUT2D eigenvalue weighted by molar-refractivity contribution is 0.453. The first kappa shape index (κ1) is 13.0. The fraction of sp³-hybridized carbons (Fsp3) is 0.154. The van der Waals surface area contributed by atoms with Gasteiger partial charge in [0.05, 0.1) is 4.47 Å². The largest absolute Gasteiger partial charge is 0.439 e. The molecule has 2 N–H and O–H groups in total. The van der Waals surface area contributed by atoms with Gasteiger partial charge < -0.3 is 10.5 Å². The number of aromatic nitrogens is 1. The Labute approximate surface area is 113 Å². The van der Waals surface area contributed by atoms with Crippen LogP contribution in [0.15, 0.2) is 34.9 Å². The molecular weight excluding hydrogens is 299 g/mol. The van der Waals surface area contributed by atoms with Crippen LogP contribution in [0.3, 0.4) is 0 Å². The monoisotopic (exact) mass is 310 g/mol. The number of nitrogens with two attached hydrogens (primary N) is 1. The van der Waals surface area contributed by atoms with Gasteiger partial charge in [0, 0.05) is 18.3 Å². The molecule has 2 aromatic rings. The smallest absolute Gasteiger partial charge is 0.223 e. The van der Waals surface area contributed by atoms with Crippen LogP contribution in [0.25, 0.3) is 0 Å². The highest BCUT2D eigenvalue weighted by Gasteiger charge is 2.09. The van der Waals surface area contributed by atoms with Gasteiger partial charge in [-0.1, -0.05) is 0 Å². The summed E-state index contributed by atoms with van der Waals surface area (Å²) in [5, 5.41) is 0. The number of rotatable bonds is 3. The van der Waals surface area contributed by atoms with Crippen molar-refractivity contribution >= 4 is 15.9 Å². The highest BCUT2D eigenvalue weighted by atomic mass is 79.9. The van der Waals surface area contributed by atoms with Gasteiger partial charge in [0.15, 0.2) is 0 Å². The van der Waals surface area contributed by atoms with Crippen molar-refractivity contribution in [2.45, 2.75) is 13.5 Å². The van der Waals surface area contributed by atoms with Crippen LogP contribution in [0.4, 0.5) is 4.39 Å². The third-order valence-electron chi connectivity index (χ3n) is 2.56. The Morgan fingerprint density at radius 1 is 1.39 bits per heavy atom. The fourth-order valence-electron chi connectivity index (χ4n) is 1.55. The SMILES string of the molecule is Cc1ccnc(Oc2ccc(F)c(Br)c2)c1CN. The van der Waals surface area contributed by atoms with E-state index in [1.165, 1.54) is 6.07 Å². The summed E-state index contributed by atoms with van der Waals surface area (Å²) in [7, 11) is 0. The van der Waals surface area contributed by atoms with Gasteiger partial charge in [-0.2, -0.15) is 0 Å². The molecule has 0 amide bonds. The van der Waals surface area contributed by atoms with Crippen molar-refractivity contribution in [1.82, 2.24) is 4.98 Å². The van der Waals surface area contributed by atoms with E-state index in [0.29, 0.717) is 22.6 Å². The van der Waals surface area contributed by atoms with Gasteiger partial charge in [-0.3, -0.25) is 0 Å². The molecule has 0 fully saturated rings. The second-order valence-corrected chi connectivity index (χ2v) is 4.65. The number of halogens is 2. The van der Waals surface area contributed by atoms with E-state index in [1.807, 2.05) is 13.0 Å². The van der Waals surface area contributed by atoms with Crippen LogP contribution in [0.5, 0.6) is 11.6 Å². The highest BCUT2D eigenvalue weighted by Crippen LogP contribution is 2.28. The molecule has 0 aliphatic rings. The quantitative estimate of drug-likeness (QED) is 0.943. The molecule has 18 heavy (non-hydrogen) atoms. The first-order valence-electron chi connectivity index (χ1n) is 5.39. The molecule has 3 nitrogen and oxygen atoms in total. The molecule has 0 saturated carbocycles. The lowest BCUT2D eigenvalue weighted by Crippen LogP contribution is -2.03. The summed E-state index contributed by atoms with van der Waals surface area (Å²) in [6.45, 7) is 2.29. The minimum absolute atomic E-state index is 0.335. The molecule has 0 atom stereocenters. The van der Waals surface area contributed by atoms with Crippen LogP contribution in [0.1, 0.15) is 11.1 Å². The molecule has 1 aromatic heterocycles. The van der Waals surface area contributed by atoms with Crippen molar-refractivity contribution in [3.63, 3.8) is 0 Å². The van der Waals surface area contributed by atoms with Crippen molar-refractivity contribution in [3.8, 4) is 11.6 Å². The molecule has 0 aliphatic heterocycles. The average Bonchev–Trinajstić information content (AvgIpc) is 2.34. The van der Waals surface area contributed by atoms with Crippen molar-refractivity contribution in [3.05, 3.63) is 51.9 Å². The van der Waals surface area contributed by atoms with Gasteiger partial charge in [0.25, 0.3) is 0 Å². The first-order valence-corrected chi connectivity index (χ1v) is 6.18. The maximum absolute atomic E-state index is 13.1. The minimum atomic E-state index is -0.335. The Kier molecular flexibility index (Phi) is 3.93. The van der Waals surface area contributed by atoms with Crippen molar-refractivity contribution in [2.24, 2.45) is 5.73 Å². The molecule has 0 spiro atoms. The Bertz CT molecular complexity index is 575. The van der Waals surface area contributed by atoms with Gasteiger partial charge in [-0.15, -0.1) is 0 Å². The summed E-state index contributed by atoms with van der Waals surface area (Å²) in [5.41, 5.74) is 7.53. The highest BCUT2D eigenvalue weighted by molar-refractivity contribution is 9.10. The normalized spacial score (nSPS) is 10.4. The Morgan fingerprint density at radius 2 is 2.17 bits per heavy atom. The number of ether oxygens (including phenoxy) is 1. The number of hydrogen-bond acceptors (Lipinski definition) is 3. The van der Waals surface area contributed by atoms with E-state index in [9.17, 15) is 4.39 Å². The van der Waals surface area contributed by atoms with E-state index in [4.69, 9.17) is 10.5 Å². The maximum atomic E-state index is 13.1. The zero-order chi connectivity index (χ0) is 13.1. The molecular formula is C13H12BrFN2O. The van der Waals surface area contributed by atoms with E-state index >= 15 is 0 Å². The third kappa shape index (κ3) is 2.68. The van der Waals surface area contributed by atoms with E-state index in [-0.39, 0.29) is 5.82 Å². The van der Waals surface area contributed by atoms with Crippen LogP contribution in [0, 0.1) is 12.7 Å². The van der Waals surface area contributed by atoms with Crippen LogP contribution in [0.2, 0.25) is 0 Å². The second-order valence-electron chi connectivity index (χ2n) is 3.79. The van der Waals surface area contributed by atoms with Crippen molar-refractivity contribution in [2.75, 3.05) is 0 Å². The number of nitrogens with zero attached hydrogens (tertiary/aromatic N) is 1. The lowest BCUT2D eigenvalue weighted by Gasteiger charge is -2.11. The van der Waals surface area contributed by atoms with Gasteiger partial charge in [0.2, 0.25) is 5.88 Å². The molecule has 0 saturated heterocycles.